The van der Waals surface area contributed by atoms with Gasteiger partial charge in [-0.15, -0.1) is 0 Å². The van der Waals surface area contributed by atoms with Crippen molar-refractivity contribution in [1.82, 2.24) is 15.1 Å². The van der Waals surface area contributed by atoms with E-state index >= 15 is 0 Å². The summed E-state index contributed by atoms with van der Waals surface area (Å²) in [6, 6.07) is 0.414. The minimum atomic E-state index is 0.0834. The summed E-state index contributed by atoms with van der Waals surface area (Å²) < 4.78 is 1.91. The Morgan fingerprint density at radius 1 is 1.71 bits per heavy atom. The highest BCUT2D eigenvalue weighted by Gasteiger charge is 2.16. The summed E-state index contributed by atoms with van der Waals surface area (Å²) in [7, 11) is 0. The molecule has 4 nitrogen and oxygen atoms in total. The van der Waals surface area contributed by atoms with Crippen molar-refractivity contribution in [3.63, 3.8) is 0 Å². The number of nitrogens with zero attached hydrogens (tertiary/aromatic N) is 2. The summed E-state index contributed by atoms with van der Waals surface area (Å²) in [6.45, 7) is 3.62. The molecular formula is C10H15N3O. The number of hydrogen-bond acceptors (Lipinski definition) is 3. The van der Waals surface area contributed by atoms with Crippen LogP contribution in [0.5, 0.6) is 0 Å². The molecule has 76 valence electrons. The van der Waals surface area contributed by atoms with Crippen molar-refractivity contribution in [3.05, 3.63) is 18.0 Å². The summed E-state index contributed by atoms with van der Waals surface area (Å²) >= 11 is 0. The molecule has 1 aromatic heterocycles. The predicted octanol–water partition coefficient (Wildman–Crippen LogP) is 1.01. The molecule has 1 unspecified atom stereocenters. The van der Waals surface area contributed by atoms with Gasteiger partial charge in [-0.2, -0.15) is 5.10 Å². The van der Waals surface area contributed by atoms with Crippen LogP contribution in [0.25, 0.3) is 0 Å². The molecule has 1 saturated heterocycles. The molecule has 1 aliphatic heterocycles. The van der Waals surface area contributed by atoms with Crippen LogP contribution in [0, 0.1) is 0 Å². The quantitative estimate of drug-likeness (QED) is 0.713. The highest BCUT2D eigenvalue weighted by atomic mass is 16.1. The first kappa shape index (κ1) is 9.40. The third kappa shape index (κ3) is 1.85. The van der Waals surface area contributed by atoms with Gasteiger partial charge >= 0.3 is 0 Å². The maximum absolute atomic E-state index is 11.1. The molecule has 1 aliphatic rings. The molecule has 0 bridgehead atoms. The predicted molar refractivity (Wildman–Crippen MR) is 53.4 cm³/mol. The molecule has 2 rings (SSSR count). The van der Waals surface area contributed by atoms with Crippen LogP contribution in [-0.2, 0) is 0 Å². The molecule has 2 heterocycles. The van der Waals surface area contributed by atoms with E-state index in [2.05, 4.69) is 10.4 Å². The lowest BCUT2D eigenvalue weighted by Gasteiger charge is -2.22. The Morgan fingerprint density at radius 2 is 2.57 bits per heavy atom. The van der Waals surface area contributed by atoms with Gasteiger partial charge in [-0.3, -0.25) is 9.48 Å². The zero-order valence-electron chi connectivity index (χ0n) is 8.36. The number of rotatable bonds is 2. The van der Waals surface area contributed by atoms with Crippen LogP contribution in [-0.4, -0.2) is 28.7 Å². The van der Waals surface area contributed by atoms with Gasteiger partial charge < -0.3 is 5.32 Å². The van der Waals surface area contributed by atoms with Crippen LogP contribution in [0.4, 0.5) is 0 Å². The molecular weight excluding hydrogens is 178 g/mol. The molecule has 0 aliphatic carbocycles. The zero-order chi connectivity index (χ0) is 9.97. The Balaban J connectivity index is 2.11. The van der Waals surface area contributed by atoms with Crippen molar-refractivity contribution in [3.8, 4) is 0 Å². The zero-order valence-corrected chi connectivity index (χ0v) is 8.36. The molecule has 1 aromatic rings. The number of ketones is 1. The van der Waals surface area contributed by atoms with E-state index in [4.69, 9.17) is 0 Å². The second-order valence-corrected chi connectivity index (χ2v) is 3.77. The molecule has 0 aromatic carbocycles. The number of nitrogens with one attached hydrogen (secondary N) is 1. The summed E-state index contributed by atoms with van der Waals surface area (Å²) in [5, 5.41) is 7.54. The van der Waals surface area contributed by atoms with Crippen LogP contribution in [0.3, 0.4) is 0 Å². The van der Waals surface area contributed by atoms with E-state index in [1.54, 1.807) is 13.1 Å². The molecule has 14 heavy (non-hydrogen) atoms. The number of aromatic nitrogens is 2. The maximum Gasteiger partial charge on any atom is 0.162 e. The Morgan fingerprint density at radius 3 is 3.14 bits per heavy atom. The van der Waals surface area contributed by atoms with E-state index in [-0.39, 0.29) is 5.78 Å². The van der Waals surface area contributed by atoms with Gasteiger partial charge in [-0.1, -0.05) is 0 Å². The number of piperidine rings is 1. The van der Waals surface area contributed by atoms with Crippen LogP contribution in [0.1, 0.15) is 36.2 Å². The summed E-state index contributed by atoms with van der Waals surface area (Å²) in [6.07, 6.45) is 5.82. The van der Waals surface area contributed by atoms with Gasteiger partial charge in [0.05, 0.1) is 17.8 Å². The summed E-state index contributed by atoms with van der Waals surface area (Å²) in [4.78, 5) is 11.1. The van der Waals surface area contributed by atoms with Crippen LogP contribution in [0.2, 0.25) is 0 Å². The fourth-order valence-electron chi connectivity index (χ4n) is 1.78. The van der Waals surface area contributed by atoms with Crippen molar-refractivity contribution in [1.29, 1.82) is 0 Å². The Hall–Kier alpha value is -1.16. The normalized spacial score (nSPS) is 22.2. The molecule has 1 fully saturated rings. The first-order chi connectivity index (χ1) is 6.77. The van der Waals surface area contributed by atoms with Gasteiger partial charge in [-0.05, 0) is 26.3 Å². The number of hydrogen-bond donors (Lipinski definition) is 1. The summed E-state index contributed by atoms with van der Waals surface area (Å²) in [5.74, 6) is 0.0834. The fraction of sp³-hybridized carbons (Fsp3) is 0.600. The van der Waals surface area contributed by atoms with Gasteiger partial charge in [0.2, 0.25) is 0 Å². The minimum Gasteiger partial charge on any atom is -0.315 e. The van der Waals surface area contributed by atoms with E-state index in [1.807, 2.05) is 10.9 Å². The molecule has 0 spiro atoms. The van der Waals surface area contributed by atoms with Crippen molar-refractivity contribution in [2.24, 2.45) is 0 Å². The minimum absolute atomic E-state index is 0.0834. The fourth-order valence-corrected chi connectivity index (χ4v) is 1.78. The first-order valence-corrected chi connectivity index (χ1v) is 5.03. The first-order valence-electron chi connectivity index (χ1n) is 5.03. The van der Waals surface area contributed by atoms with E-state index in [0.717, 1.165) is 19.5 Å². The van der Waals surface area contributed by atoms with E-state index in [1.165, 1.54) is 6.42 Å². The van der Waals surface area contributed by atoms with Crippen LogP contribution < -0.4 is 5.32 Å². The molecule has 1 N–H and O–H groups in total. The average Bonchev–Trinajstić information content (AvgIpc) is 2.68. The SMILES string of the molecule is CC(=O)c1cnn(C2CCCNC2)c1. The van der Waals surface area contributed by atoms with E-state index in [0.29, 0.717) is 11.6 Å². The lowest BCUT2D eigenvalue weighted by molar-refractivity contribution is 0.101. The van der Waals surface area contributed by atoms with E-state index < -0.39 is 0 Å². The molecule has 0 saturated carbocycles. The smallest absolute Gasteiger partial charge is 0.162 e. The third-order valence-corrected chi connectivity index (χ3v) is 2.65. The van der Waals surface area contributed by atoms with Crippen molar-refractivity contribution in [2.45, 2.75) is 25.8 Å². The van der Waals surface area contributed by atoms with Gasteiger partial charge in [0.1, 0.15) is 0 Å². The highest BCUT2D eigenvalue weighted by Crippen LogP contribution is 2.15. The topological polar surface area (TPSA) is 46.9 Å². The Kier molecular flexibility index (Phi) is 2.63. The number of Topliss-reactive ketones (excluding diaryl/α,β-unsaturated/α-hetero) is 1. The van der Waals surface area contributed by atoms with Crippen LogP contribution >= 0.6 is 0 Å². The van der Waals surface area contributed by atoms with Crippen molar-refractivity contribution < 1.29 is 4.79 Å². The second kappa shape index (κ2) is 3.92. The van der Waals surface area contributed by atoms with Crippen LogP contribution in [0.15, 0.2) is 12.4 Å². The van der Waals surface area contributed by atoms with Gasteiger partial charge in [0, 0.05) is 12.7 Å². The molecule has 0 radical (unpaired) electrons. The van der Waals surface area contributed by atoms with Crippen molar-refractivity contribution >= 4 is 5.78 Å². The second-order valence-electron chi connectivity index (χ2n) is 3.77. The largest absolute Gasteiger partial charge is 0.315 e. The third-order valence-electron chi connectivity index (χ3n) is 2.65. The van der Waals surface area contributed by atoms with Gasteiger partial charge in [0.15, 0.2) is 5.78 Å². The molecule has 4 heteroatoms. The standard InChI is InChI=1S/C10H15N3O/c1-8(14)9-5-12-13(7-9)10-3-2-4-11-6-10/h5,7,10-11H,2-4,6H2,1H3. The average molecular weight is 193 g/mol. The number of carbonyl (C=O) groups is 1. The molecule has 1 atom stereocenters. The van der Waals surface area contributed by atoms with E-state index in [9.17, 15) is 4.79 Å². The van der Waals surface area contributed by atoms with Gasteiger partial charge in [-0.25, -0.2) is 0 Å². The molecule has 0 amide bonds. The van der Waals surface area contributed by atoms with Crippen molar-refractivity contribution in [2.75, 3.05) is 13.1 Å². The Labute approximate surface area is 83.3 Å². The lowest BCUT2D eigenvalue weighted by Crippen LogP contribution is -2.31. The van der Waals surface area contributed by atoms with Gasteiger partial charge in [0.25, 0.3) is 0 Å². The summed E-state index contributed by atoms with van der Waals surface area (Å²) in [5.41, 5.74) is 0.704. The monoisotopic (exact) mass is 193 g/mol. The maximum atomic E-state index is 11.1. The number of carbonyl (C=O) groups excluding carboxylic acids is 1. The Bertz CT molecular complexity index is 326. The lowest BCUT2D eigenvalue weighted by atomic mass is 10.1. The highest BCUT2D eigenvalue weighted by molar-refractivity contribution is 5.93.